The lowest BCUT2D eigenvalue weighted by molar-refractivity contribution is 0.921. The van der Waals surface area contributed by atoms with Crippen molar-refractivity contribution >= 4 is 23.3 Å². The molecule has 0 aliphatic rings. The van der Waals surface area contributed by atoms with Crippen molar-refractivity contribution in [3.63, 3.8) is 0 Å². The molecule has 4 N–H and O–H groups in total. The Hall–Kier alpha value is -1.17. The van der Waals surface area contributed by atoms with Crippen LogP contribution in [0.3, 0.4) is 0 Å². The molecular weight excluding hydrogens is 224 g/mol. The van der Waals surface area contributed by atoms with Gasteiger partial charge in [0, 0.05) is 12.3 Å². The molecule has 0 aromatic carbocycles. The topological polar surface area (TPSA) is 83.8 Å². The first-order valence-electron chi connectivity index (χ1n) is 5.45. The zero-order valence-corrected chi connectivity index (χ0v) is 10.5. The highest BCUT2D eigenvalue weighted by molar-refractivity contribution is 7.99. The average Bonchev–Trinajstić information content (AvgIpc) is 2.25. The van der Waals surface area contributed by atoms with Gasteiger partial charge < -0.3 is 11.1 Å². The molecule has 1 heterocycles. The number of aromatic nitrogens is 2. The van der Waals surface area contributed by atoms with Crippen LogP contribution >= 0.6 is 11.8 Å². The first kappa shape index (κ1) is 12.9. The van der Waals surface area contributed by atoms with Gasteiger partial charge in [-0.15, -0.1) is 0 Å². The number of rotatable bonds is 6. The third kappa shape index (κ3) is 3.44. The van der Waals surface area contributed by atoms with Gasteiger partial charge in [-0.05, 0) is 12.8 Å². The normalized spacial score (nSPS) is 10.4. The second kappa shape index (κ2) is 6.42. The Kier molecular flexibility index (Phi) is 5.18. The number of nitrogens with zero attached hydrogens (tertiary/aromatic N) is 1. The van der Waals surface area contributed by atoms with Crippen LogP contribution in [-0.4, -0.2) is 22.3 Å². The van der Waals surface area contributed by atoms with E-state index >= 15 is 0 Å². The number of thioether (sulfide) groups is 1. The lowest BCUT2D eigenvalue weighted by Gasteiger charge is -2.07. The highest BCUT2D eigenvalue weighted by Crippen LogP contribution is 2.16. The van der Waals surface area contributed by atoms with E-state index in [0.29, 0.717) is 10.8 Å². The fourth-order valence-corrected chi connectivity index (χ4v) is 1.88. The van der Waals surface area contributed by atoms with Gasteiger partial charge in [0.15, 0.2) is 11.0 Å². The molecule has 0 aliphatic carbocycles. The standard InChI is InChI=1S/C10H18N4OS/c1-3-5-12-7-8(11)13-10(14-9(7)15)16-6-4-2/h12H,3-6H2,1-2H3,(H3,11,13,14,15). The van der Waals surface area contributed by atoms with E-state index in [1.54, 1.807) is 0 Å². The summed E-state index contributed by atoms with van der Waals surface area (Å²) in [5, 5.41) is 3.56. The number of anilines is 2. The summed E-state index contributed by atoms with van der Waals surface area (Å²) in [6, 6.07) is 0. The summed E-state index contributed by atoms with van der Waals surface area (Å²) in [4.78, 5) is 18.5. The van der Waals surface area contributed by atoms with Crippen LogP contribution in [0.5, 0.6) is 0 Å². The van der Waals surface area contributed by atoms with Gasteiger partial charge in [-0.25, -0.2) is 4.98 Å². The van der Waals surface area contributed by atoms with Crippen molar-refractivity contribution in [3.05, 3.63) is 10.4 Å². The maximum absolute atomic E-state index is 11.7. The number of nitrogens with two attached hydrogens (primary N) is 1. The minimum atomic E-state index is -0.195. The second-order valence-electron chi connectivity index (χ2n) is 3.41. The number of nitrogen functional groups attached to an aromatic ring is 1. The fraction of sp³-hybridized carbons (Fsp3) is 0.600. The van der Waals surface area contributed by atoms with Gasteiger partial charge in [0.1, 0.15) is 5.69 Å². The molecule has 0 radical (unpaired) electrons. The lowest BCUT2D eigenvalue weighted by Crippen LogP contribution is -2.19. The molecule has 0 saturated heterocycles. The Morgan fingerprint density at radius 2 is 2.19 bits per heavy atom. The van der Waals surface area contributed by atoms with E-state index in [1.807, 2.05) is 6.92 Å². The maximum atomic E-state index is 11.7. The molecule has 1 aromatic rings. The van der Waals surface area contributed by atoms with Crippen LogP contribution in [0.15, 0.2) is 9.95 Å². The van der Waals surface area contributed by atoms with Crippen molar-refractivity contribution in [1.29, 1.82) is 0 Å². The third-order valence-corrected chi connectivity index (χ3v) is 3.00. The molecule has 0 saturated carbocycles. The zero-order chi connectivity index (χ0) is 12.0. The van der Waals surface area contributed by atoms with Crippen molar-refractivity contribution in [2.24, 2.45) is 0 Å². The van der Waals surface area contributed by atoms with Crippen molar-refractivity contribution in [1.82, 2.24) is 9.97 Å². The molecule has 16 heavy (non-hydrogen) atoms. The van der Waals surface area contributed by atoms with Crippen LogP contribution in [0, 0.1) is 0 Å². The zero-order valence-electron chi connectivity index (χ0n) is 9.67. The molecule has 6 heteroatoms. The van der Waals surface area contributed by atoms with Crippen LogP contribution in [0.25, 0.3) is 0 Å². The monoisotopic (exact) mass is 242 g/mol. The van der Waals surface area contributed by atoms with Crippen LogP contribution in [0.2, 0.25) is 0 Å². The molecule has 1 rings (SSSR count). The Morgan fingerprint density at radius 1 is 1.44 bits per heavy atom. The summed E-state index contributed by atoms with van der Waals surface area (Å²) in [5.74, 6) is 1.19. The molecule has 90 valence electrons. The Bertz CT molecular complexity index is 391. The smallest absolute Gasteiger partial charge is 0.277 e. The minimum absolute atomic E-state index is 0.195. The van der Waals surface area contributed by atoms with Gasteiger partial charge in [0.25, 0.3) is 5.56 Å². The average molecular weight is 242 g/mol. The largest absolute Gasteiger partial charge is 0.382 e. The Labute approximate surface area is 99.2 Å². The van der Waals surface area contributed by atoms with Gasteiger partial charge >= 0.3 is 0 Å². The fourth-order valence-electron chi connectivity index (χ4n) is 1.16. The van der Waals surface area contributed by atoms with E-state index in [-0.39, 0.29) is 11.4 Å². The van der Waals surface area contributed by atoms with E-state index in [1.165, 1.54) is 11.8 Å². The molecule has 0 unspecified atom stereocenters. The summed E-state index contributed by atoms with van der Waals surface area (Å²) in [6.45, 7) is 4.82. The van der Waals surface area contributed by atoms with Gasteiger partial charge in [0.05, 0.1) is 0 Å². The maximum Gasteiger partial charge on any atom is 0.277 e. The summed E-state index contributed by atoms with van der Waals surface area (Å²) in [5.41, 5.74) is 5.91. The SMILES string of the molecule is CCCNc1c(N)nc(SCCC)[nH]c1=O. The van der Waals surface area contributed by atoms with Gasteiger partial charge in [-0.2, -0.15) is 0 Å². The second-order valence-corrected chi connectivity index (χ2v) is 4.49. The van der Waals surface area contributed by atoms with E-state index in [4.69, 9.17) is 5.73 Å². The van der Waals surface area contributed by atoms with E-state index in [9.17, 15) is 4.79 Å². The molecule has 0 aliphatic heterocycles. The Balaban J connectivity index is 2.85. The van der Waals surface area contributed by atoms with Crippen molar-refractivity contribution in [2.45, 2.75) is 31.8 Å². The molecule has 0 fully saturated rings. The van der Waals surface area contributed by atoms with Crippen LogP contribution in [0.4, 0.5) is 11.5 Å². The van der Waals surface area contributed by atoms with E-state index in [0.717, 1.165) is 25.1 Å². The Morgan fingerprint density at radius 3 is 2.75 bits per heavy atom. The molecule has 0 atom stereocenters. The molecule has 1 aromatic heterocycles. The quantitative estimate of drug-likeness (QED) is 0.522. The van der Waals surface area contributed by atoms with E-state index in [2.05, 4.69) is 22.2 Å². The number of hydrogen-bond donors (Lipinski definition) is 3. The third-order valence-electron chi connectivity index (χ3n) is 1.92. The van der Waals surface area contributed by atoms with Crippen molar-refractivity contribution in [3.8, 4) is 0 Å². The summed E-state index contributed by atoms with van der Waals surface area (Å²) >= 11 is 1.51. The molecule has 5 nitrogen and oxygen atoms in total. The number of aromatic amines is 1. The number of H-pyrrole nitrogens is 1. The predicted octanol–water partition coefficient (Wildman–Crippen LogP) is 1.68. The minimum Gasteiger partial charge on any atom is -0.382 e. The first-order valence-corrected chi connectivity index (χ1v) is 6.44. The number of nitrogens with one attached hydrogen (secondary N) is 2. The van der Waals surface area contributed by atoms with Crippen LogP contribution in [0.1, 0.15) is 26.7 Å². The summed E-state index contributed by atoms with van der Waals surface area (Å²) in [6.07, 6.45) is 1.97. The van der Waals surface area contributed by atoms with Crippen LogP contribution < -0.4 is 16.6 Å². The van der Waals surface area contributed by atoms with E-state index < -0.39 is 0 Å². The van der Waals surface area contributed by atoms with Gasteiger partial charge in [0.2, 0.25) is 0 Å². The summed E-state index contributed by atoms with van der Waals surface area (Å²) in [7, 11) is 0. The first-order chi connectivity index (χ1) is 7.69. The highest BCUT2D eigenvalue weighted by Gasteiger charge is 2.07. The highest BCUT2D eigenvalue weighted by atomic mass is 32.2. The lowest BCUT2D eigenvalue weighted by atomic mass is 10.4. The predicted molar refractivity (Wildman–Crippen MR) is 69.1 cm³/mol. The van der Waals surface area contributed by atoms with Crippen LogP contribution in [-0.2, 0) is 0 Å². The van der Waals surface area contributed by atoms with Gasteiger partial charge in [-0.3, -0.25) is 9.78 Å². The number of hydrogen-bond acceptors (Lipinski definition) is 5. The molecule has 0 spiro atoms. The van der Waals surface area contributed by atoms with Gasteiger partial charge in [-0.1, -0.05) is 25.6 Å². The summed E-state index contributed by atoms with van der Waals surface area (Å²) < 4.78 is 0. The van der Waals surface area contributed by atoms with Crippen molar-refractivity contribution < 1.29 is 0 Å². The molecular formula is C10H18N4OS. The molecule has 0 bridgehead atoms. The van der Waals surface area contributed by atoms with Crippen molar-refractivity contribution in [2.75, 3.05) is 23.3 Å². The molecule has 0 amide bonds.